The maximum atomic E-state index is 13.1. The van der Waals surface area contributed by atoms with E-state index in [1.165, 1.54) is 15.8 Å². The zero-order chi connectivity index (χ0) is 18.9. The van der Waals surface area contributed by atoms with Crippen LogP contribution >= 0.6 is 0 Å². The molecule has 0 fully saturated rings. The quantitative estimate of drug-likeness (QED) is 0.705. The molecule has 2 aromatic carbocycles. The van der Waals surface area contributed by atoms with Crippen LogP contribution < -0.4 is 10.5 Å². The van der Waals surface area contributed by atoms with Gasteiger partial charge in [-0.1, -0.05) is 24.3 Å². The molecule has 0 saturated heterocycles. The third-order valence-electron chi connectivity index (χ3n) is 3.83. The second kappa shape index (κ2) is 6.63. The molecule has 1 aromatic heterocycles. The molecule has 0 aliphatic rings. The van der Waals surface area contributed by atoms with Crippen LogP contribution in [0, 0.1) is 0 Å². The second-order valence-electron chi connectivity index (χ2n) is 6.97. The number of amides is 1. The summed E-state index contributed by atoms with van der Waals surface area (Å²) in [6.45, 7) is 5.39. The lowest BCUT2D eigenvalue weighted by Crippen LogP contribution is -2.35. The summed E-state index contributed by atoms with van der Waals surface area (Å²) in [7, 11) is 1.59. The summed E-state index contributed by atoms with van der Waals surface area (Å²) >= 11 is 0. The van der Waals surface area contributed by atoms with Crippen LogP contribution in [0.15, 0.2) is 59.7 Å². The minimum atomic E-state index is -0.627. The van der Waals surface area contributed by atoms with Crippen molar-refractivity contribution in [3.05, 3.63) is 65.2 Å². The van der Waals surface area contributed by atoms with Gasteiger partial charge in [-0.3, -0.25) is 14.3 Å². The van der Waals surface area contributed by atoms with Crippen molar-refractivity contribution in [2.24, 2.45) is 0 Å². The van der Waals surface area contributed by atoms with Crippen molar-refractivity contribution in [3.63, 3.8) is 0 Å². The first-order valence-electron chi connectivity index (χ1n) is 8.30. The molecule has 0 aliphatic carbocycles. The third kappa shape index (κ3) is 3.44. The number of carbonyl (C=O) groups excluding carboxylic acids is 1. The van der Waals surface area contributed by atoms with Crippen LogP contribution in [0.25, 0.3) is 16.6 Å². The molecule has 26 heavy (non-hydrogen) atoms. The van der Waals surface area contributed by atoms with Crippen molar-refractivity contribution in [2.75, 3.05) is 11.9 Å². The number of para-hydroxylation sites is 1. The topological polar surface area (TPSA) is 64.4 Å². The Kier molecular flexibility index (Phi) is 4.50. The normalized spacial score (nSPS) is 11.4. The van der Waals surface area contributed by atoms with Crippen molar-refractivity contribution in [2.45, 2.75) is 26.4 Å². The van der Waals surface area contributed by atoms with Gasteiger partial charge in [0.15, 0.2) is 0 Å². The molecule has 0 unspecified atom stereocenters. The Morgan fingerprint density at radius 3 is 2.42 bits per heavy atom. The number of nitrogens with zero attached hydrogens (tertiary/aromatic N) is 3. The van der Waals surface area contributed by atoms with Crippen LogP contribution in [-0.2, 0) is 4.74 Å². The van der Waals surface area contributed by atoms with Crippen molar-refractivity contribution in [1.29, 1.82) is 0 Å². The predicted octanol–water partition coefficient (Wildman–Crippen LogP) is 3.76. The summed E-state index contributed by atoms with van der Waals surface area (Å²) < 4.78 is 6.88. The van der Waals surface area contributed by atoms with Crippen molar-refractivity contribution >= 4 is 22.7 Å². The number of fused-ring (bicyclic) bond motifs is 1. The monoisotopic (exact) mass is 351 g/mol. The molecule has 134 valence electrons. The fraction of sp³-hybridized carbons (Fsp3) is 0.250. The molecule has 6 heteroatoms. The summed E-state index contributed by atoms with van der Waals surface area (Å²) in [6, 6.07) is 14.5. The molecule has 0 aliphatic heterocycles. The largest absolute Gasteiger partial charge is 0.443 e. The zero-order valence-electron chi connectivity index (χ0n) is 15.3. The fourth-order valence-electron chi connectivity index (χ4n) is 2.63. The van der Waals surface area contributed by atoms with Gasteiger partial charge in [0.2, 0.25) is 0 Å². The average Bonchev–Trinajstić information content (AvgIpc) is 2.60. The van der Waals surface area contributed by atoms with E-state index in [0.717, 1.165) is 0 Å². The highest BCUT2D eigenvalue weighted by molar-refractivity contribution is 5.99. The van der Waals surface area contributed by atoms with Gasteiger partial charge in [-0.2, -0.15) is 0 Å². The first kappa shape index (κ1) is 17.7. The highest BCUT2D eigenvalue weighted by Crippen LogP contribution is 2.24. The number of carbonyl (C=O) groups is 1. The number of rotatable bonds is 2. The summed E-state index contributed by atoms with van der Waals surface area (Å²) in [5.74, 6) is 0. The SMILES string of the molecule is CN(C(=O)OC(C)(C)C)c1cccc2ncn(-c3ccccc3)c(=O)c12. The molecule has 0 N–H and O–H groups in total. The van der Waals surface area contributed by atoms with Gasteiger partial charge in [-0.05, 0) is 45.0 Å². The van der Waals surface area contributed by atoms with Gasteiger partial charge < -0.3 is 4.74 Å². The molecule has 1 heterocycles. The Morgan fingerprint density at radius 1 is 1.08 bits per heavy atom. The molecule has 0 spiro atoms. The molecule has 1 amide bonds. The van der Waals surface area contributed by atoms with E-state index >= 15 is 0 Å². The lowest BCUT2D eigenvalue weighted by atomic mass is 10.2. The molecule has 6 nitrogen and oxygen atoms in total. The number of benzene rings is 2. The Morgan fingerprint density at radius 2 is 1.77 bits per heavy atom. The molecule has 0 atom stereocenters. The van der Waals surface area contributed by atoms with Gasteiger partial charge in [-0.25, -0.2) is 9.78 Å². The number of anilines is 1. The van der Waals surface area contributed by atoms with Crippen LogP contribution in [0.5, 0.6) is 0 Å². The van der Waals surface area contributed by atoms with Crippen LogP contribution in [0.1, 0.15) is 20.8 Å². The molecule has 0 radical (unpaired) electrons. The number of aromatic nitrogens is 2. The Labute approximate surface area is 151 Å². The minimum absolute atomic E-state index is 0.243. The van der Waals surface area contributed by atoms with Crippen LogP contribution in [0.4, 0.5) is 10.5 Å². The summed E-state index contributed by atoms with van der Waals surface area (Å²) in [4.78, 5) is 31.3. The molecule has 0 bridgehead atoms. The number of ether oxygens (including phenoxy) is 1. The smallest absolute Gasteiger partial charge is 0.414 e. The van der Waals surface area contributed by atoms with E-state index in [1.54, 1.807) is 46.0 Å². The molecule has 3 aromatic rings. The summed E-state index contributed by atoms with van der Waals surface area (Å²) in [6.07, 6.45) is 0.969. The Hall–Kier alpha value is -3.15. The van der Waals surface area contributed by atoms with E-state index < -0.39 is 11.7 Å². The first-order chi connectivity index (χ1) is 12.3. The highest BCUT2D eigenvalue weighted by atomic mass is 16.6. The number of hydrogen-bond acceptors (Lipinski definition) is 4. The molecular weight excluding hydrogens is 330 g/mol. The zero-order valence-corrected chi connectivity index (χ0v) is 15.3. The molecule has 3 rings (SSSR count). The average molecular weight is 351 g/mol. The van der Waals surface area contributed by atoms with Crippen LogP contribution in [-0.4, -0.2) is 28.3 Å². The first-order valence-corrected chi connectivity index (χ1v) is 8.30. The lowest BCUT2D eigenvalue weighted by Gasteiger charge is -2.25. The van der Waals surface area contributed by atoms with E-state index in [9.17, 15) is 9.59 Å². The Balaban J connectivity index is 2.15. The van der Waals surface area contributed by atoms with Crippen LogP contribution in [0.2, 0.25) is 0 Å². The maximum absolute atomic E-state index is 13.1. The van der Waals surface area contributed by atoms with E-state index in [-0.39, 0.29) is 5.56 Å². The van der Waals surface area contributed by atoms with E-state index in [1.807, 2.05) is 30.3 Å². The van der Waals surface area contributed by atoms with Crippen molar-refractivity contribution in [1.82, 2.24) is 9.55 Å². The van der Waals surface area contributed by atoms with Crippen LogP contribution in [0.3, 0.4) is 0 Å². The maximum Gasteiger partial charge on any atom is 0.414 e. The summed E-state index contributed by atoms with van der Waals surface area (Å²) in [5.41, 5.74) is 0.821. The minimum Gasteiger partial charge on any atom is -0.443 e. The molecule has 0 saturated carbocycles. The van der Waals surface area contributed by atoms with Gasteiger partial charge in [0, 0.05) is 7.05 Å². The van der Waals surface area contributed by atoms with E-state index in [0.29, 0.717) is 22.3 Å². The standard InChI is InChI=1S/C20H21N3O3/c1-20(2,3)26-19(25)22(4)16-12-8-11-15-17(16)18(24)23(13-21-15)14-9-6-5-7-10-14/h5-13H,1-4H3. The van der Waals surface area contributed by atoms with Gasteiger partial charge in [0.25, 0.3) is 5.56 Å². The van der Waals surface area contributed by atoms with Gasteiger partial charge in [0.05, 0.1) is 22.3 Å². The van der Waals surface area contributed by atoms with Gasteiger partial charge >= 0.3 is 6.09 Å². The Bertz CT molecular complexity index is 1000. The third-order valence-corrected chi connectivity index (χ3v) is 3.83. The fourth-order valence-corrected chi connectivity index (χ4v) is 2.63. The molecular formula is C20H21N3O3. The van der Waals surface area contributed by atoms with Gasteiger partial charge in [0.1, 0.15) is 11.9 Å². The van der Waals surface area contributed by atoms with Crippen molar-refractivity contribution in [3.8, 4) is 5.69 Å². The predicted molar refractivity (Wildman–Crippen MR) is 102 cm³/mol. The lowest BCUT2D eigenvalue weighted by molar-refractivity contribution is 0.0590. The summed E-state index contributed by atoms with van der Waals surface area (Å²) in [5, 5.41) is 0.368. The highest BCUT2D eigenvalue weighted by Gasteiger charge is 2.23. The van der Waals surface area contributed by atoms with E-state index in [4.69, 9.17) is 4.74 Å². The van der Waals surface area contributed by atoms with Crippen molar-refractivity contribution < 1.29 is 9.53 Å². The number of hydrogen-bond donors (Lipinski definition) is 0. The van der Waals surface area contributed by atoms with E-state index in [2.05, 4.69) is 4.98 Å². The second-order valence-corrected chi connectivity index (χ2v) is 6.97. The van der Waals surface area contributed by atoms with Gasteiger partial charge in [-0.15, -0.1) is 0 Å².